The predicted molar refractivity (Wildman–Crippen MR) is 96.7 cm³/mol. The lowest BCUT2D eigenvalue weighted by molar-refractivity contribution is -0.384. The van der Waals surface area contributed by atoms with Gasteiger partial charge in [0, 0.05) is 22.7 Å². The molecule has 10 heteroatoms. The fourth-order valence-electron chi connectivity index (χ4n) is 2.17. The standard InChI is InChI=1S/C17H11Cl2N3O5/c1-9(26-17(23)13-8-11(18)4-7-14(13)19)15-20-21-16(27-15)10-2-5-12(6-3-10)22(24)25/h2-9H,1H3. The van der Waals surface area contributed by atoms with E-state index in [1.54, 1.807) is 13.0 Å². The molecule has 1 heterocycles. The van der Waals surface area contributed by atoms with E-state index in [-0.39, 0.29) is 28.1 Å². The smallest absolute Gasteiger partial charge is 0.340 e. The highest BCUT2D eigenvalue weighted by Gasteiger charge is 2.22. The summed E-state index contributed by atoms with van der Waals surface area (Å²) in [5.74, 6) is -0.483. The van der Waals surface area contributed by atoms with Crippen molar-refractivity contribution in [3.05, 3.63) is 74.1 Å². The van der Waals surface area contributed by atoms with Gasteiger partial charge in [0.2, 0.25) is 5.89 Å². The maximum atomic E-state index is 12.3. The molecule has 3 aromatic rings. The Morgan fingerprint density at radius 3 is 2.56 bits per heavy atom. The largest absolute Gasteiger partial charge is 0.449 e. The molecule has 0 fully saturated rings. The van der Waals surface area contributed by atoms with Gasteiger partial charge in [-0.1, -0.05) is 23.2 Å². The molecule has 1 unspecified atom stereocenters. The van der Waals surface area contributed by atoms with Gasteiger partial charge in [-0.05, 0) is 37.3 Å². The summed E-state index contributed by atoms with van der Waals surface area (Å²) in [7, 11) is 0. The molecule has 0 aliphatic heterocycles. The summed E-state index contributed by atoms with van der Waals surface area (Å²) in [6.07, 6.45) is -0.841. The summed E-state index contributed by atoms with van der Waals surface area (Å²) in [5, 5.41) is 19.0. The number of rotatable bonds is 5. The van der Waals surface area contributed by atoms with E-state index >= 15 is 0 Å². The highest BCUT2D eigenvalue weighted by molar-refractivity contribution is 6.35. The number of carbonyl (C=O) groups is 1. The number of hydrogen-bond acceptors (Lipinski definition) is 7. The minimum Gasteiger partial charge on any atom is -0.449 e. The number of aromatic nitrogens is 2. The van der Waals surface area contributed by atoms with Crippen LogP contribution in [-0.4, -0.2) is 21.1 Å². The first kappa shape index (κ1) is 18.8. The van der Waals surface area contributed by atoms with Gasteiger partial charge in [-0.2, -0.15) is 0 Å². The van der Waals surface area contributed by atoms with E-state index in [2.05, 4.69) is 10.2 Å². The number of nitro groups is 1. The lowest BCUT2D eigenvalue weighted by Crippen LogP contribution is -2.10. The van der Waals surface area contributed by atoms with E-state index < -0.39 is 17.0 Å². The summed E-state index contributed by atoms with van der Waals surface area (Å²) in [5.41, 5.74) is 0.557. The van der Waals surface area contributed by atoms with Crippen LogP contribution in [0.3, 0.4) is 0 Å². The molecule has 0 aliphatic rings. The van der Waals surface area contributed by atoms with Gasteiger partial charge in [-0.3, -0.25) is 10.1 Å². The highest BCUT2D eigenvalue weighted by Crippen LogP contribution is 2.27. The van der Waals surface area contributed by atoms with E-state index in [0.29, 0.717) is 10.6 Å². The van der Waals surface area contributed by atoms with Gasteiger partial charge < -0.3 is 9.15 Å². The van der Waals surface area contributed by atoms with Gasteiger partial charge in [0.25, 0.3) is 11.6 Å². The number of ether oxygens (including phenoxy) is 1. The molecular weight excluding hydrogens is 397 g/mol. The maximum absolute atomic E-state index is 12.3. The number of nitro benzene ring substituents is 1. The fourth-order valence-corrected chi connectivity index (χ4v) is 2.54. The van der Waals surface area contributed by atoms with Crippen molar-refractivity contribution in [2.24, 2.45) is 0 Å². The van der Waals surface area contributed by atoms with Crippen molar-refractivity contribution in [2.45, 2.75) is 13.0 Å². The number of hydrogen-bond donors (Lipinski definition) is 0. The number of esters is 1. The molecule has 0 saturated carbocycles. The molecule has 3 rings (SSSR count). The van der Waals surface area contributed by atoms with Crippen LogP contribution in [0.1, 0.15) is 29.3 Å². The minimum atomic E-state index is -0.841. The zero-order chi connectivity index (χ0) is 19.6. The predicted octanol–water partition coefficient (Wildman–Crippen LogP) is 4.87. The monoisotopic (exact) mass is 407 g/mol. The number of benzene rings is 2. The number of carbonyl (C=O) groups excluding carboxylic acids is 1. The van der Waals surface area contributed by atoms with Crippen LogP contribution < -0.4 is 0 Å². The second-order valence-corrected chi connectivity index (χ2v) is 6.26. The Labute approximate surface area is 162 Å². The Hall–Kier alpha value is -2.97. The molecule has 0 bridgehead atoms. The van der Waals surface area contributed by atoms with Crippen molar-refractivity contribution in [1.29, 1.82) is 0 Å². The van der Waals surface area contributed by atoms with Gasteiger partial charge in [0.1, 0.15) is 0 Å². The van der Waals surface area contributed by atoms with Crippen LogP contribution in [0.4, 0.5) is 5.69 Å². The topological polar surface area (TPSA) is 108 Å². The van der Waals surface area contributed by atoms with Crippen LogP contribution in [0.25, 0.3) is 11.5 Å². The molecule has 0 radical (unpaired) electrons. The summed E-state index contributed by atoms with van der Waals surface area (Å²) in [6.45, 7) is 1.56. The Balaban J connectivity index is 1.74. The van der Waals surface area contributed by atoms with E-state index in [4.69, 9.17) is 32.4 Å². The molecule has 0 spiro atoms. The van der Waals surface area contributed by atoms with Crippen LogP contribution in [0.2, 0.25) is 10.0 Å². The minimum absolute atomic E-state index is 0.0563. The zero-order valence-electron chi connectivity index (χ0n) is 13.8. The molecule has 1 aromatic heterocycles. The highest BCUT2D eigenvalue weighted by atomic mass is 35.5. The van der Waals surface area contributed by atoms with E-state index in [9.17, 15) is 14.9 Å². The van der Waals surface area contributed by atoms with E-state index in [1.807, 2.05) is 0 Å². The van der Waals surface area contributed by atoms with Crippen molar-refractivity contribution in [2.75, 3.05) is 0 Å². The second-order valence-electron chi connectivity index (χ2n) is 5.42. The molecule has 0 N–H and O–H groups in total. The number of nitrogens with zero attached hydrogens (tertiary/aromatic N) is 3. The Bertz CT molecular complexity index is 1000. The molecule has 138 valence electrons. The summed E-state index contributed by atoms with van der Waals surface area (Å²) in [4.78, 5) is 22.4. The van der Waals surface area contributed by atoms with Gasteiger partial charge in [-0.15, -0.1) is 10.2 Å². The molecule has 27 heavy (non-hydrogen) atoms. The Morgan fingerprint density at radius 2 is 1.89 bits per heavy atom. The lowest BCUT2D eigenvalue weighted by atomic mass is 10.2. The van der Waals surface area contributed by atoms with Crippen LogP contribution in [0.5, 0.6) is 0 Å². The van der Waals surface area contributed by atoms with Gasteiger partial charge in [0.15, 0.2) is 6.10 Å². The van der Waals surface area contributed by atoms with Crippen molar-refractivity contribution in [1.82, 2.24) is 10.2 Å². The Kier molecular flexibility index (Phi) is 5.38. The van der Waals surface area contributed by atoms with Gasteiger partial charge in [0.05, 0.1) is 15.5 Å². The first-order valence-electron chi connectivity index (χ1n) is 7.59. The van der Waals surface area contributed by atoms with Crippen molar-refractivity contribution < 1.29 is 18.9 Å². The zero-order valence-corrected chi connectivity index (χ0v) is 15.3. The van der Waals surface area contributed by atoms with Crippen LogP contribution in [0, 0.1) is 10.1 Å². The first-order valence-corrected chi connectivity index (χ1v) is 8.35. The van der Waals surface area contributed by atoms with Crippen molar-refractivity contribution >= 4 is 34.9 Å². The van der Waals surface area contributed by atoms with E-state index in [1.165, 1.54) is 36.4 Å². The van der Waals surface area contributed by atoms with Crippen molar-refractivity contribution in [3.8, 4) is 11.5 Å². The lowest BCUT2D eigenvalue weighted by Gasteiger charge is -2.10. The quantitative estimate of drug-likeness (QED) is 0.337. The maximum Gasteiger partial charge on any atom is 0.340 e. The van der Waals surface area contributed by atoms with Gasteiger partial charge in [-0.25, -0.2) is 4.79 Å². The van der Waals surface area contributed by atoms with Gasteiger partial charge >= 0.3 is 5.97 Å². The van der Waals surface area contributed by atoms with Crippen LogP contribution in [-0.2, 0) is 4.74 Å². The third-order valence-electron chi connectivity index (χ3n) is 3.55. The molecule has 2 aromatic carbocycles. The SMILES string of the molecule is CC(OC(=O)c1cc(Cl)ccc1Cl)c1nnc(-c2ccc([N+](=O)[O-])cc2)o1. The molecular formula is C17H11Cl2N3O5. The molecule has 8 nitrogen and oxygen atoms in total. The molecule has 1 atom stereocenters. The average Bonchev–Trinajstić information content (AvgIpc) is 3.14. The second kappa shape index (κ2) is 7.73. The fraction of sp³-hybridized carbons (Fsp3) is 0.118. The first-order chi connectivity index (χ1) is 12.8. The summed E-state index contributed by atoms with van der Waals surface area (Å²) >= 11 is 11.8. The molecule has 0 saturated heterocycles. The molecule has 0 amide bonds. The third-order valence-corrected chi connectivity index (χ3v) is 4.11. The molecule has 0 aliphatic carbocycles. The number of non-ortho nitro benzene ring substituents is 1. The van der Waals surface area contributed by atoms with Crippen LogP contribution in [0.15, 0.2) is 46.9 Å². The summed E-state index contributed by atoms with van der Waals surface area (Å²) in [6, 6.07) is 10.1. The normalized spacial score (nSPS) is 11.8. The summed E-state index contributed by atoms with van der Waals surface area (Å²) < 4.78 is 10.8. The van der Waals surface area contributed by atoms with E-state index in [0.717, 1.165) is 0 Å². The van der Waals surface area contributed by atoms with Crippen molar-refractivity contribution in [3.63, 3.8) is 0 Å². The number of halogens is 2. The third kappa shape index (κ3) is 4.24. The average molecular weight is 408 g/mol. The van der Waals surface area contributed by atoms with Crippen LogP contribution >= 0.6 is 23.2 Å². The Morgan fingerprint density at radius 1 is 1.19 bits per heavy atom.